The molecule has 0 saturated heterocycles. The van der Waals surface area contributed by atoms with Gasteiger partial charge in [0.25, 0.3) is 5.56 Å². The van der Waals surface area contributed by atoms with Crippen molar-refractivity contribution in [1.29, 1.82) is 0 Å². The highest BCUT2D eigenvalue weighted by atomic mass is 35.5. The van der Waals surface area contributed by atoms with Gasteiger partial charge in [0.2, 0.25) is 5.91 Å². The van der Waals surface area contributed by atoms with Gasteiger partial charge < -0.3 is 13.9 Å². The van der Waals surface area contributed by atoms with Crippen molar-refractivity contribution in [3.05, 3.63) is 110 Å². The highest BCUT2D eigenvalue weighted by Crippen LogP contribution is 2.28. The lowest BCUT2D eigenvalue weighted by Crippen LogP contribution is -2.35. The molecule has 0 aliphatic rings. The van der Waals surface area contributed by atoms with E-state index < -0.39 is 41.4 Å². The molecule has 0 aliphatic carbocycles. The number of carbonyl (C=O) groups is 1. The number of imidazole rings is 1. The van der Waals surface area contributed by atoms with Gasteiger partial charge in [0.1, 0.15) is 5.75 Å². The van der Waals surface area contributed by atoms with Crippen LogP contribution in [-0.4, -0.2) is 27.1 Å². The number of ether oxygens (including phenoxy) is 1. The summed E-state index contributed by atoms with van der Waals surface area (Å²) in [5.74, 6) is 0.428. The summed E-state index contributed by atoms with van der Waals surface area (Å²) in [7, 11) is 1.52. The molecule has 0 radical (unpaired) electrons. The minimum atomic E-state index is -1.67. The number of nitrogens with two attached hydrogens (primary N) is 1. The summed E-state index contributed by atoms with van der Waals surface area (Å²) >= 11 is 6.32. The largest absolute Gasteiger partial charge is 0.495 e. The Kier molecular flexibility index (Phi) is 7.88. The monoisotopic (exact) mass is 545 g/mol. The molecule has 0 fully saturated rings. The van der Waals surface area contributed by atoms with Crippen LogP contribution in [0.5, 0.6) is 5.75 Å². The number of rotatable bonds is 8. The zero-order valence-electron chi connectivity index (χ0n) is 20.3. The van der Waals surface area contributed by atoms with E-state index in [1.165, 1.54) is 19.4 Å². The molecule has 3 N–H and O–H groups in total. The molecule has 198 valence electrons. The van der Waals surface area contributed by atoms with Crippen LogP contribution in [0.3, 0.4) is 0 Å². The lowest BCUT2D eigenvalue weighted by atomic mass is 10.0. The summed E-state index contributed by atoms with van der Waals surface area (Å²) in [6, 6.07) is 7.07. The second-order valence-corrected chi connectivity index (χ2v) is 9.02. The topological polar surface area (TPSA) is 104 Å². The number of hydrogen-bond donors (Lipinski definition) is 2. The summed E-state index contributed by atoms with van der Waals surface area (Å²) in [6.07, 6.45) is 4.40. The van der Waals surface area contributed by atoms with Crippen LogP contribution in [-0.2, 0) is 11.2 Å². The van der Waals surface area contributed by atoms with Gasteiger partial charge in [0.05, 0.1) is 42.3 Å². The van der Waals surface area contributed by atoms with E-state index in [0.717, 1.165) is 28.1 Å². The Morgan fingerprint density at radius 3 is 2.47 bits per heavy atom. The highest BCUT2D eigenvalue weighted by Gasteiger charge is 2.24. The van der Waals surface area contributed by atoms with E-state index >= 15 is 0 Å². The Bertz CT molecular complexity index is 1550. The number of methoxy groups -OCH3 is 1. The molecule has 0 spiro atoms. The van der Waals surface area contributed by atoms with Crippen LogP contribution in [0.4, 0.5) is 13.2 Å². The van der Waals surface area contributed by atoms with E-state index in [1.807, 2.05) is 30.7 Å². The second kappa shape index (κ2) is 11.1. The van der Waals surface area contributed by atoms with Crippen molar-refractivity contribution in [2.45, 2.75) is 25.8 Å². The molecule has 38 heavy (non-hydrogen) atoms. The molecule has 4 rings (SSSR count). The van der Waals surface area contributed by atoms with Gasteiger partial charge in [0, 0.05) is 24.4 Å². The maximum atomic E-state index is 14.0. The Morgan fingerprint density at radius 2 is 1.87 bits per heavy atom. The van der Waals surface area contributed by atoms with Crippen LogP contribution in [0.1, 0.15) is 34.8 Å². The molecule has 0 aliphatic heterocycles. The average molecular weight is 546 g/mol. The minimum absolute atomic E-state index is 0.126. The van der Waals surface area contributed by atoms with Crippen molar-refractivity contribution in [2.75, 3.05) is 7.11 Å². The van der Waals surface area contributed by atoms with Crippen LogP contribution >= 0.6 is 11.6 Å². The van der Waals surface area contributed by atoms with Gasteiger partial charge in [-0.3, -0.25) is 15.0 Å². The number of pyridine rings is 1. The van der Waals surface area contributed by atoms with E-state index in [0.29, 0.717) is 11.3 Å². The van der Waals surface area contributed by atoms with Gasteiger partial charge in [-0.2, -0.15) is 0 Å². The Balaban J connectivity index is 1.76. The number of amides is 1. The van der Waals surface area contributed by atoms with Crippen molar-refractivity contribution in [2.24, 2.45) is 5.84 Å². The van der Waals surface area contributed by atoms with Crippen LogP contribution in [0.2, 0.25) is 5.02 Å². The number of aromatic nitrogens is 3. The number of benzene rings is 2. The first-order valence-corrected chi connectivity index (χ1v) is 11.7. The standard InChI is InChI=1S/C26H23ClF3N5O3/c1-14-11-34(13-32-14)21-4-3-15(6-23(21)38-2)5-17-7-18(27)12-35(26(17)37)22(10-24(36)33-31)16-8-19(28)25(30)20(29)9-16/h3-4,6-9,11-13,22H,5,10,31H2,1-2H3,(H,33,36). The van der Waals surface area contributed by atoms with Crippen molar-refractivity contribution >= 4 is 17.5 Å². The van der Waals surface area contributed by atoms with Crippen molar-refractivity contribution in [3.63, 3.8) is 0 Å². The fraction of sp³-hybridized carbons (Fsp3) is 0.192. The predicted molar refractivity (Wildman–Crippen MR) is 135 cm³/mol. The first-order chi connectivity index (χ1) is 18.1. The van der Waals surface area contributed by atoms with Crippen molar-refractivity contribution in [1.82, 2.24) is 19.5 Å². The molecule has 0 saturated carbocycles. The first-order valence-electron chi connectivity index (χ1n) is 11.3. The summed E-state index contributed by atoms with van der Waals surface area (Å²) in [5, 5.41) is 0.137. The van der Waals surface area contributed by atoms with E-state index in [9.17, 15) is 22.8 Å². The van der Waals surface area contributed by atoms with Gasteiger partial charge in [-0.05, 0) is 48.4 Å². The lowest BCUT2D eigenvalue weighted by Gasteiger charge is -2.21. The first kappa shape index (κ1) is 27.0. The molecule has 1 amide bonds. The second-order valence-electron chi connectivity index (χ2n) is 8.59. The summed E-state index contributed by atoms with van der Waals surface area (Å²) in [4.78, 5) is 29.9. The third-order valence-corrected chi connectivity index (χ3v) is 6.19. The summed E-state index contributed by atoms with van der Waals surface area (Å²) < 4.78 is 50.1. The number of nitrogens with zero attached hydrogens (tertiary/aromatic N) is 3. The number of nitrogens with one attached hydrogen (secondary N) is 1. The molecule has 12 heteroatoms. The maximum absolute atomic E-state index is 14.0. The maximum Gasteiger partial charge on any atom is 0.254 e. The zero-order chi connectivity index (χ0) is 27.6. The summed E-state index contributed by atoms with van der Waals surface area (Å²) in [6.45, 7) is 1.86. The lowest BCUT2D eigenvalue weighted by molar-refractivity contribution is -0.121. The molecular weight excluding hydrogens is 523 g/mol. The number of carbonyl (C=O) groups excluding carboxylic acids is 1. The Morgan fingerprint density at radius 1 is 1.16 bits per heavy atom. The fourth-order valence-electron chi connectivity index (χ4n) is 4.18. The van der Waals surface area contributed by atoms with Crippen molar-refractivity contribution < 1.29 is 22.7 Å². The Hall–Kier alpha value is -4.09. The van der Waals surface area contributed by atoms with Gasteiger partial charge in [-0.25, -0.2) is 24.0 Å². The number of aryl methyl sites for hydroxylation is 1. The van der Waals surface area contributed by atoms with Gasteiger partial charge >= 0.3 is 0 Å². The van der Waals surface area contributed by atoms with Crippen molar-refractivity contribution in [3.8, 4) is 11.4 Å². The predicted octanol–water partition coefficient (Wildman–Crippen LogP) is 3.98. The van der Waals surface area contributed by atoms with Crippen LogP contribution in [0.15, 0.2) is 59.9 Å². The van der Waals surface area contributed by atoms with E-state index in [1.54, 1.807) is 17.0 Å². The molecule has 4 aromatic rings. The highest BCUT2D eigenvalue weighted by molar-refractivity contribution is 6.30. The molecule has 1 unspecified atom stereocenters. The van der Waals surface area contributed by atoms with E-state index in [4.69, 9.17) is 22.2 Å². The molecule has 2 aromatic carbocycles. The average Bonchev–Trinajstić information content (AvgIpc) is 3.33. The van der Waals surface area contributed by atoms with Crippen LogP contribution in [0, 0.1) is 24.4 Å². The van der Waals surface area contributed by atoms with Gasteiger partial charge in [-0.15, -0.1) is 0 Å². The van der Waals surface area contributed by atoms with Gasteiger partial charge in [0.15, 0.2) is 17.5 Å². The Labute approximate surface area is 220 Å². The number of halogens is 4. The van der Waals surface area contributed by atoms with Crippen LogP contribution < -0.4 is 21.6 Å². The SMILES string of the molecule is COc1cc(Cc2cc(Cl)cn(C(CC(=O)NN)c3cc(F)c(F)c(F)c3)c2=O)ccc1-n1cnc(C)c1. The number of hydrazine groups is 1. The molecule has 0 bridgehead atoms. The van der Waals surface area contributed by atoms with E-state index in [2.05, 4.69) is 4.98 Å². The third kappa shape index (κ3) is 5.58. The normalized spacial score (nSPS) is 11.9. The summed E-state index contributed by atoms with van der Waals surface area (Å²) in [5.41, 5.74) is 3.74. The quantitative estimate of drug-likeness (QED) is 0.151. The third-order valence-electron chi connectivity index (χ3n) is 5.98. The number of hydrogen-bond acceptors (Lipinski definition) is 5. The molecule has 2 aromatic heterocycles. The molecule has 8 nitrogen and oxygen atoms in total. The fourth-order valence-corrected chi connectivity index (χ4v) is 4.41. The molecule has 2 heterocycles. The van der Waals surface area contributed by atoms with Gasteiger partial charge in [-0.1, -0.05) is 17.7 Å². The molecular formula is C26H23ClF3N5O3. The smallest absolute Gasteiger partial charge is 0.254 e. The zero-order valence-corrected chi connectivity index (χ0v) is 21.1. The minimum Gasteiger partial charge on any atom is -0.495 e. The molecule has 1 atom stereocenters. The van der Waals surface area contributed by atoms with Crippen LogP contribution in [0.25, 0.3) is 5.69 Å². The van der Waals surface area contributed by atoms with E-state index in [-0.39, 0.29) is 22.6 Å².